The first kappa shape index (κ1) is 30.7. The van der Waals surface area contributed by atoms with Gasteiger partial charge in [-0.05, 0) is 94.1 Å². The highest BCUT2D eigenvalue weighted by molar-refractivity contribution is 8.01. The van der Waals surface area contributed by atoms with E-state index in [9.17, 15) is 4.79 Å². The summed E-state index contributed by atoms with van der Waals surface area (Å²) in [6.45, 7) is 5.30. The SMILES string of the molecule is COc1ccc(Cn2nnnc2C2N3C(=O)C(NCc4cccc(-c5cccc(Cl)c5)c4-c4cccc(Cl)c4)[C@H]3SC2(C)C)cc1. The number of benzene rings is 4. The van der Waals surface area contributed by atoms with E-state index in [1.165, 1.54) is 0 Å². The molecule has 0 saturated carbocycles. The van der Waals surface area contributed by atoms with Gasteiger partial charge in [-0.1, -0.05) is 77.8 Å². The second kappa shape index (κ2) is 12.4. The van der Waals surface area contributed by atoms with Gasteiger partial charge in [0, 0.05) is 21.3 Å². The predicted molar refractivity (Wildman–Crippen MR) is 183 cm³/mol. The van der Waals surface area contributed by atoms with E-state index in [0.717, 1.165) is 39.1 Å². The Hall–Kier alpha value is -3.89. The molecule has 3 atom stereocenters. The number of thioether (sulfide) groups is 1. The highest BCUT2D eigenvalue weighted by atomic mass is 35.5. The Balaban J connectivity index is 1.14. The fourth-order valence-electron chi connectivity index (χ4n) is 6.49. The van der Waals surface area contributed by atoms with E-state index in [1.807, 2.05) is 71.6 Å². The number of ether oxygens (including phenoxy) is 1. The van der Waals surface area contributed by atoms with E-state index >= 15 is 0 Å². The van der Waals surface area contributed by atoms with Crippen LogP contribution < -0.4 is 10.1 Å². The lowest BCUT2D eigenvalue weighted by Gasteiger charge is -2.44. The summed E-state index contributed by atoms with van der Waals surface area (Å²) >= 11 is 14.6. The molecule has 2 unspecified atom stereocenters. The van der Waals surface area contributed by atoms with Gasteiger partial charge in [0.25, 0.3) is 0 Å². The van der Waals surface area contributed by atoms with Crippen LogP contribution in [0, 0.1) is 0 Å². The van der Waals surface area contributed by atoms with E-state index in [1.54, 1.807) is 23.6 Å². The standard InChI is InChI=1S/C35H32Cl2N6O2S/c1-35(2)31(32-39-40-41-42(32)20-21-13-15-27(45-3)16-14-21)43-33(44)30(34(43)46-35)38-19-24-9-6-12-28(22-7-4-10-25(36)17-22)29(24)23-8-5-11-26(37)18-23/h4-18,30-31,34,38H,19-20H2,1-3H3/t30?,31?,34-/m1/s1. The maximum Gasteiger partial charge on any atom is 0.244 e. The normalized spacial score (nSPS) is 20.0. The second-order valence-electron chi connectivity index (χ2n) is 12.0. The maximum atomic E-state index is 13.8. The van der Waals surface area contributed by atoms with Gasteiger partial charge in [-0.15, -0.1) is 16.9 Å². The summed E-state index contributed by atoms with van der Waals surface area (Å²) in [6.07, 6.45) is 0. The summed E-state index contributed by atoms with van der Waals surface area (Å²) in [5.41, 5.74) is 6.22. The first-order valence-electron chi connectivity index (χ1n) is 15.0. The van der Waals surface area contributed by atoms with Crippen molar-refractivity contribution in [3.63, 3.8) is 0 Å². The zero-order valence-electron chi connectivity index (χ0n) is 25.5. The van der Waals surface area contributed by atoms with Crippen LogP contribution in [-0.2, 0) is 17.9 Å². The van der Waals surface area contributed by atoms with Crippen LogP contribution >= 0.6 is 35.0 Å². The Morgan fingerprint density at radius 1 is 0.935 bits per heavy atom. The summed E-state index contributed by atoms with van der Waals surface area (Å²) in [6, 6.07) is 29.2. The van der Waals surface area contributed by atoms with Gasteiger partial charge in [-0.25, -0.2) is 4.68 Å². The number of carbonyl (C=O) groups is 1. The number of carbonyl (C=O) groups excluding carboxylic acids is 1. The average Bonchev–Trinajstić information content (AvgIpc) is 3.59. The molecule has 0 aliphatic carbocycles. The predicted octanol–water partition coefficient (Wildman–Crippen LogP) is 7.26. The van der Waals surface area contributed by atoms with Crippen molar-refractivity contribution in [3.8, 4) is 28.0 Å². The Labute approximate surface area is 282 Å². The quantitative estimate of drug-likeness (QED) is 0.165. The molecule has 1 amide bonds. The van der Waals surface area contributed by atoms with Crippen molar-refractivity contribution in [1.82, 2.24) is 30.4 Å². The Morgan fingerprint density at radius 3 is 2.35 bits per heavy atom. The lowest BCUT2D eigenvalue weighted by atomic mass is 9.90. The zero-order valence-corrected chi connectivity index (χ0v) is 27.9. The van der Waals surface area contributed by atoms with Gasteiger partial charge in [0.1, 0.15) is 23.2 Å². The number of amides is 1. The number of hydrogen-bond acceptors (Lipinski definition) is 7. The lowest BCUT2D eigenvalue weighted by Crippen LogP contribution is -2.66. The minimum absolute atomic E-state index is 0.0439. The van der Waals surface area contributed by atoms with Crippen molar-refractivity contribution < 1.29 is 9.53 Å². The molecule has 5 aromatic rings. The van der Waals surface area contributed by atoms with Gasteiger partial charge in [-0.3, -0.25) is 10.1 Å². The molecule has 7 rings (SSSR count). The Morgan fingerprint density at radius 2 is 1.63 bits per heavy atom. The fraction of sp³-hybridized carbons (Fsp3) is 0.257. The number of nitrogens with one attached hydrogen (secondary N) is 1. The van der Waals surface area contributed by atoms with E-state index in [4.69, 9.17) is 27.9 Å². The molecule has 8 nitrogen and oxygen atoms in total. The number of tetrazole rings is 1. The smallest absolute Gasteiger partial charge is 0.244 e. The lowest BCUT2D eigenvalue weighted by molar-refractivity contribution is -0.149. The topological polar surface area (TPSA) is 85.2 Å². The first-order chi connectivity index (χ1) is 22.2. The largest absolute Gasteiger partial charge is 0.497 e. The monoisotopic (exact) mass is 670 g/mol. The number of methoxy groups -OCH3 is 1. The summed E-state index contributed by atoms with van der Waals surface area (Å²) in [5.74, 6) is 1.51. The van der Waals surface area contributed by atoms with Crippen molar-refractivity contribution in [1.29, 1.82) is 0 Å². The third-order valence-electron chi connectivity index (χ3n) is 8.65. The third kappa shape index (κ3) is 5.66. The molecule has 2 aliphatic rings. The molecule has 1 aromatic heterocycles. The van der Waals surface area contributed by atoms with Crippen LogP contribution in [0.3, 0.4) is 0 Å². The van der Waals surface area contributed by atoms with Gasteiger partial charge in [0.15, 0.2) is 5.82 Å². The summed E-state index contributed by atoms with van der Waals surface area (Å²) in [7, 11) is 1.65. The fourth-order valence-corrected chi connectivity index (χ4v) is 8.53. The number of fused-ring (bicyclic) bond motifs is 1. The van der Waals surface area contributed by atoms with E-state index < -0.39 is 0 Å². The van der Waals surface area contributed by atoms with Crippen LogP contribution in [0.5, 0.6) is 5.75 Å². The number of nitrogens with zero attached hydrogens (tertiary/aromatic N) is 5. The number of β-lactam (4-membered cyclic amide) rings is 1. The minimum atomic E-state index is -0.345. The number of hydrogen-bond donors (Lipinski definition) is 1. The van der Waals surface area contributed by atoms with Gasteiger partial charge in [-0.2, -0.15) is 0 Å². The molecular weight excluding hydrogens is 639 g/mol. The summed E-state index contributed by atoms with van der Waals surface area (Å²) in [5, 5.41) is 17.6. The molecule has 234 valence electrons. The highest BCUT2D eigenvalue weighted by Gasteiger charge is 2.63. The molecule has 4 aromatic carbocycles. The Kier molecular flexibility index (Phi) is 8.27. The molecule has 0 radical (unpaired) electrons. The van der Waals surface area contributed by atoms with Crippen LogP contribution in [0.1, 0.15) is 36.8 Å². The summed E-state index contributed by atoms with van der Waals surface area (Å²) in [4.78, 5) is 15.8. The minimum Gasteiger partial charge on any atom is -0.497 e. The van der Waals surface area contributed by atoms with Crippen LogP contribution in [0.15, 0.2) is 91.0 Å². The molecule has 2 aliphatic heterocycles. The van der Waals surface area contributed by atoms with Crippen molar-refractivity contribution in [2.45, 2.75) is 49.1 Å². The van der Waals surface area contributed by atoms with E-state index in [-0.39, 0.29) is 28.1 Å². The van der Waals surface area contributed by atoms with Gasteiger partial charge in [0.2, 0.25) is 5.91 Å². The van der Waals surface area contributed by atoms with Gasteiger partial charge < -0.3 is 9.64 Å². The molecule has 0 bridgehead atoms. The van der Waals surface area contributed by atoms with Gasteiger partial charge >= 0.3 is 0 Å². The Bertz CT molecular complexity index is 1910. The molecule has 0 spiro atoms. The van der Waals surface area contributed by atoms with E-state index in [0.29, 0.717) is 29.0 Å². The molecule has 11 heteroatoms. The number of rotatable bonds is 9. The van der Waals surface area contributed by atoms with Crippen LogP contribution in [-0.4, -0.2) is 54.3 Å². The third-order valence-corrected chi connectivity index (χ3v) is 10.7. The maximum absolute atomic E-state index is 13.8. The number of halogens is 2. The van der Waals surface area contributed by atoms with Crippen LogP contribution in [0.2, 0.25) is 10.0 Å². The van der Waals surface area contributed by atoms with Crippen molar-refractivity contribution in [2.24, 2.45) is 0 Å². The molecule has 2 saturated heterocycles. The van der Waals surface area contributed by atoms with Gasteiger partial charge in [0.05, 0.1) is 13.7 Å². The molecule has 1 N–H and O–H groups in total. The molecular formula is C35H32Cl2N6O2S. The second-order valence-corrected chi connectivity index (χ2v) is 14.7. The molecule has 2 fully saturated rings. The van der Waals surface area contributed by atoms with Crippen molar-refractivity contribution in [2.75, 3.05) is 7.11 Å². The molecule has 46 heavy (non-hydrogen) atoms. The van der Waals surface area contributed by atoms with Crippen LogP contribution in [0.25, 0.3) is 22.3 Å². The number of aromatic nitrogens is 4. The first-order valence-corrected chi connectivity index (χ1v) is 16.6. The zero-order chi connectivity index (χ0) is 32.0. The summed E-state index contributed by atoms with van der Waals surface area (Å²) < 4.78 is 6.79. The van der Waals surface area contributed by atoms with Crippen molar-refractivity contribution in [3.05, 3.63) is 118 Å². The van der Waals surface area contributed by atoms with Crippen molar-refractivity contribution >= 4 is 40.9 Å². The average molecular weight is 672 g/mol. The van der Waals surface area contributed by atoms with E-state index in [2.05, 4.69) is 59.0 Å². The van der Waals surface area contributed by atoms with Crippen LogP contribution in [0.4, 0.5) is 0 Å². The highest BCUT2D eigenvalue weighted by Crippen LogP contribution is 2.57. The molecule has 3 heterocycles.